The van der Waals surface area contributed by atoms with Gasteiger partial charge in [-0.3, -0.25) is 0 Å². The van der Waals surface area contributed by atoms with E-state index in [-0.39, 0.29) is 5.41 Å². The monoisotopic (exact) mass is 728 g/mol. The van der Waals surface area contributed by atoms with Gasteiger partial charge < -0.3 is 0 Å². The van der Waals surface area contributed by atoms with Gasteiger partial charge in [-0.2, -0.15) is 0 Å². The van der Waals surface area contributed by atoms with E-state index in [1.54, 1.807) is 0 Å². The zero-order valence-corrected chi connectivity index (χ0v) is 32.0. The standard InChI is InChI=1S/C55H36S/c1-55(2)47-28-12-11-26-44(47)51-46(32-48-52(53(51)55)45-30-29-34-16-4-6-21-38(34)54(45)56-48)35-18-13-19-36(31-35)49-40-22-7-9-24-42(40)50(43-25-10-8-23-41(43)49)39-27-14-17-33-15-3-5-20-37(33)39/h3-32H,1-2H3. The van der Waals surface area contributed by atoms with Crippen molar-refractivity contribution in [1.29, 1.82) is 0 Å². The summed E-state index contributed by atoms with van der Waals surface area (Å²) in [6.45, 7) is 4.86. The van der Waals surface area contributed by atoms with Crippen LogP contribution in [0.1, 0.15) is 25.0 Å². The molecule has 1 aromatic heterocycles. The molecule has 56 heavy (non-hydrogen) atoms. The normalized spacial score (nSPS) is 13.3. The number of hydrogen-bond donors (Lipinski definition) is 0. The highest BCUT2D eigenvalue weighted by Gasteiger charge is 2.39. The molecule has 0 bridgehead atoms. The Kier molecular flexibility index (Phi) is 6.66. The van der Waals surface area contributed by atoms with Crippen molar-refractivity contribution in [1.82, 2.24) is 0 Å². The minimum absolute atomic E-state index is 0.151. The first-order valence-electron chi connectivity index (χ1n) is 19.6. The van der Waals surface area contributed by atoms with Gasteiger partial charge in [0.2, 0.25) is 0 Å². The number of hydrogen-bond acceptors (Lipinski definition) is 1. The van der Waals surface area contributed by atoms with Crippen LogP contribution in [0.25, 0.3) is 108 Å². The first-order chi connectivity index (χ1) is 27.6. The molecule has 0 radical (unpaired) electrons. The summed E-state index contributed by atoms with van der Waals surface area (Å²) in [7, 11) is 0. The van der Waals surface area contributed by atoms with Gasteiger partial charge in [0.15, 0.2) is 0 Å². The number of benzene rings is 10. The van der Waals surface area contributed by atoms with E-state index in [4.69, 9.17) is 0 Å². The molecule has 0 aliphatic heterocycles. The molecule has 1 aliphatic carbocycles. The quantitative estimate of drug-likeness (QED) is 0.159. The predicted octanol–water partition coefficient (Wildman–Crippen LogP) is 16.0. The molecule has 0 nitrogen and oxygen atoms in total. The van der Waals surface area contributed by atoms with Crippen LogP contribution in [0.3, 0.4) is 0 Å². The van der Waals surface area contributed by atoms with Crippen LogP contribution >= 0.6 is 11.3 Å². The van der Waals surface area contributed by atoms with E-state index in [2.05, 4.69) is 196 Å². The van der Waals surface area contributed by atoms with Gasteiger partial charge in [-0.05, 0) is 111 Å². The Morgan fingerprint density at radius 3 is 1.68 bits per heavy atom. The van der Waals surface area contributed by atoms with Crippen LogP contribution in [0.2, 0.25) is 0 Å². The lowest BCUT2D eigenvalue weighted by Crippen LogP contribution is -2.15. The van der Waals surface area contributed by atoms with E-state index in [0.717, 1.165) is 0 Å². The van der Waals surface area contributed by atoms with Crippen molar-refractivity contribution < 1.29 is 0 Å². The summed E-state index contributed by atoms with van der Waals surface area (Å²) in [6.07, 6.45) is 0. The van der Waals surface area contributed by atoms with Crippen LogP contribution in [0.4, 0.5) is 0 Å². The molecule has 0 N–H and O–H groups in total. The molecule has 0 fully saturated rings. The zero-order valence-electron chi connectivity index (χ0n) is 31.2. The summed E-state index contributed by atoms with van der Waals surface area (Å²) < 4.78 is 2.73. The van der Waals surface area contributed by atoms with Gasteiger partial charge in [-0.1, -0.05) is 184 Å². The Morgan fingerprint density at radius 1 is 0.375 bits per heavy atom. The second kappa shape index (κ2) is 11.7. The smallest absolute Gasteiger partial charge is 0.0433 e. The van der Waals surface area contributed by atoms with Crippen LogP contribution in [-0.2, 0) is 5.41 Å². The average Bonchev–Trinajstić information content (AvgIpc) is 3.74. The third kappa shape index (κ3) is 4.35. The highest BCUT2D eigenvalue weighted by molar-refractivity contribution is 7.26. The van der Waals surface area contributed by atoms with Crippen molar-refractivity contribution in [2.75, 3.05) is 0 Å². The Labute approximate surface area is 329 Å². The third-order valence-corrected chi connectivity index (χ3v) is 13.8. The van der Waals surface area contributed by atoms with Crippen molar-refractivity contribution >= 4 is 74.6 Å². The summed E-state index contributed by atoms with van der Waals surface area (Å²) in [5.74, 6) is 0. The first kappa shape index (κ1) is 31.8. The van der Waals surface area contributed by atoms with Gasteiger partial charge in [-0.25, -0.2) is 0 Å². The van der Waals surface area contributed by atoms with Gasteiger partial charge in [0.25, 0.3) is 0 Å². The van der Waals surface area contributed by atoms with E-state index in [0.29, 0.717) is 0 Å². The van der Waals surface area contributed by atoms with E-state index >= 15 is 0 Å². The minimum Gasteiger partial charge on any atom is -0.134 e. The predicted molar refractivity (Wildman–Crippen MR) is 243 cm³/mol. The molecule has 12 rings (SSSR count). The largest absolute Gasteiger partial charge is 0.134 e. The molecule has 0 amide bonds. The molecule has 1 heteroatoms. The molecular formula is C55H36S. The Hall–Kier alpha value is -6.54. The fraction of sp³-hybridized carbons (Fsp3) is 0.0545. The van der Waals surface area contributed by atoms with Crippen molar-refractivity contribution in [2.45, 2.75) is 19.3 Å². The van der Waals surface area contributed by atoms with Gasteiger partial charge >= 0.3 is 0 Å². The van der Waals surface area contributed by atoms with Crippen LogP contribution in [0.15, 0.2) is 182 Å². The molecule has 0 atom stereocenters. The molecular weight excluding hydrogens is 693 g/mol. The average molecular weight is 729 g/mol. The van der Waals surface area contributed by atoms with Crippen LogP contribution in [-0.4, -0.2) is 0 Å². The fourth-order valence-electron chi connectivity index (χ4n) is 10.2. The van der Waals surface area contributed by atoms with E-state index < -0.39 is 0 Å². The van der Waals surface area contributed by atoms with Crippen LogP contribution in [0.5, 0.6) is 0 Å². The van der Waals surface area contributed by atoms with Gasteiger partial charge in [0, 0.05) is 25.6 Å². The maximum Gasteiger partial charge on any atom is 0.0433 e. The van der Waals surface area contributed by atoms with E-state index in [1.165, 1.54) is 119 Å². The van der Waals surface area contributed by atoms with Crippen molar-refractivity contribution in [3.63, 3.8) is 0 Å². The molecule has 0 saturated carbocycles. The molecule has 11 aromatic rings. The number of thiophene rings is 1. The first-order valence-corrected chi connectivity index (χ1v) is 20.4. The minimum atomic E-state index is -0.151. The molecule has 0 saturated heterocycles. The summed E-state index contributed by atoms with van der Waals surface area (Å²) in [5, 5.41) is 13.0. The van der Waals surface area contributed by atoms with Crippen molar-refractivity contribution in [3.8, 4) is 44.5 Å². The van der Waals surface area contributed by atoms with Crippen LogP contribution in [0, 0.1) is 0 Å². The SMILES string of the molecule is CC1(C)c2ccccc2-c2c(-c3cccc(-c4c5ccccc5c(-c5cccc6ccccc56)c5ccccc45)c3)cc3sc4c5ccccc5ccc4c3c21. The third-order valence-electron chi connectivity index (χ3n) is 12.6. The van der Waals surface area contributed by atoms with Crippen molar-refractivity contribution in [2.24, 2.45) is 0 Å². The summed E-state index contributed by atoms with van der Waals surface area (Å²) >= 11 is 1.95. The lowest BCUT2D eigenvalue weighted by atomic mass is 9.79. The van der Waals surface area contributed by atoms with E-state index in [1.807, 2.05) is 11.3 Å². The maximum atomic E-state index is 2.50. The lowest BCUT2D eigenvalue weighted by molar-refractivity contribution is 0.667. The lowest BCUT2D eigenvalue weighted by Gasteiger charge is -2.23. The Balaban J connectivity index is 1.15. The fourth-order valence-corrected chi connectivity index (χ4v) is 11.5. The second-order valence-corrected chi connectivity index (χ2v) is 17.0. The number of fused-ring (bicyclic) bond motifs is 12. The highest BCUT2D eigenvalue weighted by atomic mass is 32.1. The van der Waals surface area contributed by atoms with Gasteiger partial charge in [0.05, 0.1) is 0 Å². The Morgan fingerprint density at radius 2 is 0.929 bits per heavy atom. The zero-order chi connectivity index (χ0) is 37.1. The molecule has 0 spiro atoms. The summed E-state index contributed by atoms with van der Waals surface area (Å²) in [5.41, 5.74) is 13.1. The number of rotatable bonds is 3. The molecule has 1 heterocycles. The van der Waals surface area contributed by atoms with Crippen molar-refractivity contribution in [3.05, 3.63) is 193 Å². The van der Waals surface area contributed by atoms with E-state index in [9.17, 15) is 0 Å². The molecule has 10 aromatic carbocycles. The maximum absolute atomic E-state index is 2.50. The molecule has 262 valence electrons. The Bertz CT molecular complexity index is 3390. The van der Waals surface area contributed by atoms with Gasteiger partial charge in [0.1, 0.15) is 0 Å². The molecule has 0 unspecified atom stereocenters. The van der Waals surface area contributed by atoms with Crippen LogP contribution < -0.4 is 0 Å². The second-order valence-electron chi connectivity index (χ2n) is 15.9. The van der Waals surface area contributed by atoms with Gasteiger partial charge in [-0.15, -0.1) is 11.3 Å². The summed E-state index contributed by atoms with van der Waals surface area (Å²) in [4.78, 5) is 0. The molecule has 1 aliphatic rings. The topological polar surface area (TPSA) is 0 Å². The highest BCUT2D eigenvalue weighted by Crippen LogP contribution is 2.58. The summed E-state index contributed by atoms with van der Waals surface area (Å²) in [6, 6.07) is 68.1.